The maximum absolute atomic E-state index is 11.8. The molecular formula is C13H16N4O2. The molecule has 1 aliphatic carbocycles. The standard InChI is InChI=1S/C13H16N4O2/c1-13(3-4-13)15-6-9-5-10(12(18)19-2)11-14-8-16-17(11)7-9/h5,7-8,15H,3-4,6H2,1-2H3. The highest BCUT2D eigenvalue weighted by atomic mass is 16.5. The van der Waals surface area contributed by atoms with E-state index in [2.05, 4.69) is 22.3 Å². The van der Waals surface area contributed by atoms with Gasteiger partial charge in [0.25, 0.3) is 0 Å². The molecule has 6 nitrogen and oxygen atoms in total. The average Bonchev–Trinajstić information content (AvgIpc) is 2.97. The Hall–Kier alpha value is -1.95. The van der Waals surface area contributed by atoms with E-state index in [0.29, 0.717) is 17.8 Å². The maximum atomic E-state index is 11.8. The number of nitrogens with one attached hydrogen (secondary N) is 1. The van der Waals surface area contributed by atoms with E-state index in [0.717, 1.165) is 5.56 Å². The van der Waals surface area contributed by atoms with Crippen LogP contribution in [0.2, 0.25) is 0 Å². The minimum atomic E-state index is -0.391. The first kappa shape index (κ1) is 12.1. The molecule has 0 atom stereocenters. The largest absolute Gasteiger partial charge is 0.465 e. The van der Waals surface area contributed by atoms with Gasteiger partial charge in [0.1, 0.15) is 11.9 Å². The van der Waals surface area contributed by atoms with Crippen LogP contribution in [0.4, 0.5) is 0 Å². The van der Waals surface area contributed by atoms with Crippen molar-refractivity contribution in [3.63, 3.8) is 0 Å². The number of esters is 1. The second-order valence-corrected chi connectivity index (χ2v) is 5.20. The molecule has 0 radical (unpaired) electrons. The Labute approximate surface area is 110 Å². The van der Waals surface area contributed by atoms with Gasteiger partial charge >= 0.3 is 5.97 Å². The van der Waals surface area contributed by atoms with E-state index in [4.69, 9.17) is 4.74 Å². The van der Waals surface area contributed by atoms with E-state index in [1.54, 1.807) is 4.52 Å². The van der Waals surface area contributed by atoms with Crippen LogP contribution in [0.15, 0.2) is 18.6 Å². The van der Waals surface area contributed by atoms with Gasteiger partial charge in [-0.25, -0.2) is 14.3 Å². The van der Waals surface area contributed by atoms with Crippen molar-refractivity contribution >= 4 is 11.6 Å². The lowest BCUT2D eigenvalue weighted by atomic mass is 10.2. The Morgan fingerprint density at radius 3 is 3.05 bits per heavy atom. The Kier molecular flexibility index (Phi) is 2.74. The summed E-state index contributed by atoms with van der Waals surface area (Å²) in [6, 6.07) is 1.81. The first-order valence-corrected chi connectivity index (χ1v) is 6.27. The van der Waals surface area contributed by atoms with Crippen LogP contribution < -0.4 is 5.32 Å². The van der Waals surface area contributed by atoms with Crippen molar-refractivity contribution in [1.29, 1.82) is 0 Å². The summed E-state index contributed by atoms with van der Waals surface area (Å²) in [5, 5.41) is 7.56. The minimum Gasteiger partial charge on any atom is -0.465 e. The van der Waals surface area contributed by atoms with Crippen LogP contribution in [0, 0.1) is 0 Å². The smallest absolute Gasteiger partial charge is 0.341 e. The van der Waals surface area contributed by atoms with Gasteiger partial charge in [0.15, 0.2) is 5.65 Å². The number of rotatable bonds is 4. The summed E-state index contributed by atoms with van der Waals surface area (Å²) >= 11 is 0. The molecule has 0 saturated heterocycles. The number of fused-ring (bicyclic) bond motifs is 1. The molecule has 1 N–H and O–H groups in total. The van der Waals surface area contributed by atoms with Crippen LogP contribution in [0.1, 0.15) is 35.7 Å². The number of methoxy groups -OCH3 is 1. The Morgan fingerprint density at radius 1 is 1.58 bits per heavy atom. The van der Waals surface area contributed by atoms with Crippen LogP contribution >= 0.6 is 0 Å². The molecule has 2 aromatic rings. The van der Waals surface area contributed by atoms with Crippen LogP contribution in [-0.4, -0.2) is 33.2 Å². The first-order chi connectivity index (χ1) is 9.11. The Morgan fingerprint density at radius 2 is 2.37 bits per heavy atom. The number of hydrogen-bond donors (Lipinski definition) is 1. The Balaban J connectivity index is 1.93. The lowest BCUT2D eigenvalue weighted by molar-refractivity contribution is 0.0602. The van der Waals surface area contributed by atoms with Gasteiger partial charge in [-0.05, 0) is 31.4 Å². The zero-order chi connectivity index (χ0) is 13.5. The molecule has 1 fully saturated rings. The fourth-order valence-electron chi connectivity index (χ4n) is 2.02. The highest BCUT2D eigenvalue weighted by Gasteiger charge is 2.36. The SMILES string of the molecule is COC(=O)c1cc(CNC2(C)CC2)cn2ncnc12. The molecule has 0 amide bonds. The second-order valence-electron chi connectivity index (χ2n) is 5.20. The minimum absolute atomic E-state index is 0.253. The number of nitrogens with zero attached hydrogens (tertiary/aromatic N) is 3. The lowest BCUT2D eigenvalue weighted by Gasteiger charge is -2.12. The summed E-state index contributed by atoms with van der Waals surface area (Å²) in [6.45, 7) is 2.90. The summed E-state index contributed by atoms with van der Waals surface area (Å²) in [7, 11) is 1.37. The van der Waals surface area contributed by atoms with E-state index in [-0.39, 0.29) is 5.54 Å². The molecule has 0 aromatic carbocycles. The molecule has 2 heterocycles. The molecule has 2 aromatic heterocycles. The van der Waals surface area contributed by atoms with Crippen molar-refractivity contribution in [3.05, 3.63) is 29.7 Å². The van der Waals surface area contributed by atoms with Gasteiger partial charge in [-0.3, -0.25) is 0 Å². The van der Waals surface area contributed by atoms with Crippen LogP contribution in [-0.2, 0) is 11.3 Å². The summed E-state index contributed by atoms with van der Waals surface area (Å²) < 4.78 is 6.40. The average molecular weight is 260 g/mol. The summed E-state index contributed by atoms with van der Waals surface area (Å²) in [5.41, 5.74) is 2.21. The maximum Gasteiger partial charge on any atom is 0.341 e. The number of carbonyl (C=O) groups excluding carboxylic acids is 1. The summed E-state index contributed by atoms with van der Waals surface area (Å²) in [4.78, 5) is 15.8. The molecule has 100 valence electrons. The second kappa shape index (κ2) is 4.31. The number of hydrogen-bond acceptors (Lipinski definition) is 5. The third-order valence-electron chi connectivity index (χ3n) is 3.56. The van der Waals surface area contributed by atoms with E-state index in [1.807, 2.05) is 12.3 Å². The van der Waals surface area contributed by atoms with E-state index < -0.39 is 5.97 Å². The number of carbonyl (C=O) groups is 1. The molecule has 1 saturated carbocycles. The van der Waals surface area contributed by atoms with E-state index >= 15 is 0 Å². The van der Waals surface area contributed by atoms with Gasteiger partial charge in [-0.2, -0.15) is 5.10 Å². The van der Waals surface area contributed by atoms with E-state index in [9.17, 15) is 4.79 Å². The Bertz CT molecular complexity index is 631. The van der Waals surface area contributed by atoms with Gasteiger partial charge in [-0.1, -0.05) is 0 Å². The number of aromatic nitrogens is 3. The van der Waals surface area contributed by atoms with Crippen molar-refractivity contribution in [2.24, 2.45) is 0 Å². The van der Waals surface area contributed by atoms with Crippen molar-refractivity contribution in [3.8, 4) is 0 Å². The molecule has 0 bridgehead atoms. The van der Waals surface area contributed by atoms with E-state index in [1.165, 1.54) is 26.3 Å². The first-order valence-electron chi connectivity index (χ1n) is 6.27. The molecule has 0 unspecified atom stereocenters. The van der Waals surface area contributed by atoms with Crippen molar-refractivity contribution in [2.75, 3.05) is 7.11 Å². The van der Waals surface area contributed by atoms with Crippen LogP contribution in [0.5, 0.6) is 0 Å². The highest BCUT2D eigenvalue weighted by molar-refractivity contribution is 5.95. The third kappa shape index (κ3) is 2.31. The monoisotopic (exact) mass is 260 g/mol. The summed E-state index contributed by atoms with van der Waals surface area (Å²) in [5.74, 6) is -0.391. The predicted octanol–water partition coefficient (Wildman–Crippen LogP) is 1.16. The molecule has 6 heteroatoms. The van der Waals surface area contributed by atoms with Gasteiger partial charge in [0, 0.05) is 18.3 Å². The summed E-state index contributed by atoms with van der Waals surface area (Å²) in [6.07, 6.45) is 5.71. The van der Waals surface area contributed by atoms with Gasteiger partial charge in [0.05, 0.1) is 7.11 Å². The molecule has 0 aliphatic heterocycles. The predicted molar refractivity (Wildman–Crippen MR) is 68.8 cm³/mol. The van der Waals surface area contributed by atoms with Gasteiger partial charge in [-0.15, -0.1) is 0 Å². The number of ether oxygens (including phenoxy) is 1. The fourth-order valence-corrected chi connectivity index (χ4v) is 2.02. The van der Waals surface area contributed by atoms with Gasteiger partial charge < -0.3 is 10.1 Å². The van der Waals surface area contributed by atoms with Crippen molar-refractivity contribution < 1.29 is 9.53 Å². The van der Waals surface area contributed by atoms with Crippen LogP contribution in [0.3, 0.4) is 0 Å². The molecule has 3 rings (SSSR count). The van der Waals surface area contributed by atoms with Gasteiger partial charge in [0.2, 0.25) is 0 Å². The molecular weight excluding hydrogens is 244 g/mol. The molecule has 19 heavy (non-hydrogen) atoms. The number of pyridine rings is 1. The molecule has 0 spiro atoms. The zero-order valence-corrected chi connectivity index (χ0v) is 11.0. The van der Waals surface area contributed by atoms with Crippen LogP contribution in [0.25, 0.3) is 5.65 Å². The third-order valence-corrected chi connectivity index (χ3v) is 3.56. The van der Waals surface area contributed by atoms with Crippen molar-refractivity contribution in [2.45, 2.75) is 31.8 Å². The lowest BCUT2D eigenvalue weighted by Crippen LogP contribution is -2.27. The zero-order valence-electron chi connectivity index (χ0n) is 11.0. The fraction of sp³-hybridized carbons (Fsp3) is 0.462. The van der Waals surface area contributed by atoms with Crippen molar-refractivity contribution in [1.82, 2.24) is 19.9 Å². The molecule has 1 aliphatic rings. The quantitative estimate of drug-likeness (QED) is 0.835. The normalized spacial score (nSPS) is 16.5. The highest BCUT2D eigenvalue weighted by Crippen LogP contribution is 2.34. The topological polar surface area (TPSA) is 68.5 Å².